The van der Waals surface area contributed by atoms with Crippen LogP contribution in [-0.2, 0) is 11.3 Å². The molecule has 3 heteroatoms. The van der Waals surface area contributed by atoms with E-state index < -0.39 is 0 Å². The largest absolute Gasteiger partial charge is 0.380 e. The molecule has 0 aliphatic carbocycles. The molecule has 0 aliphatic rings. The summed E-state index contributed by atoms with van der Waals surface area (Å²) in [4.78, 5) is 0. The summed E-state index contributed by atoms with van der Waals surface area (Å²) in [6.45, 7) is 8.44. The van der Waals surface area contributed by atoms with E-state index in [0.717, 1.165) is 30.3 Å². The summed E-state index contributed by atoms with van der Waals surface area (Å²) in [6.07, 6.45) is 0. The molecule has 0 amide bonds. The van der Waals surface area contributed by atoms with Gasteiger partial charge in [0.05, 0.1) is 6.61 Å². The third-order valence-corrected chi connectivity index (χ3v) is 2.77. The number of rotatable bonds is 6. The molecule has 0 saturated heterocycles. The zero-order chi connectivity index (χ0) is 12.0. The van der Waals surface area contributed by atoms with Crippen LogP contribution in [0.1, 0.15) is 25.0 Å². The van der Waals surface area contributed by atoms with Gasteiger partial charge in [0.25, 0.3) is 0 Å². The second kappa shape index (κ2) is 6.89. The van der Waals surface area contributed by atoms with Crippen molar-refractivity contribution < 1.29 is 4.74 Å². The van der Waals surface area contributed by atoms with Crippen molar-refractivity contribution in [2.75, 3.05) is 13.2 Å². The molecule has 1 aromatic carbocycles. The minimum absolute atomic E-state index is 0.345. The van der Waals surface area contributed by atoms with E-state index in [-0.39, 0.29) is 0 Å². The Morgan fingerprint density at radius 3 is 2.81 bits per heavy atom. The Kier molecular flexibility index (Phi) is 5.81. The van der Waals surface area contributed by atoms with Crippen molar-refractivity contribution in [1.29, 1.82) is 0 Å². The molecule has 0 bridgehead atoms. The number of halogens is 1. The molecule has 1 N–H and O–H groups in total. The highest BCUT2D eigenvalue weighted by Gasteiger charge is 2.04. The maximum absolute atomic E-state index is 6.15. The highest BCUT2D eigenvalue weighted by atomic mass is 35.5. The molecule has 0 fully saturated rings. The first-order chi connectivity index (χ1) is 7.63. The van der Waals surface area contributed by atoms with Crippen LogP contribution in [-0.4, -0.2) is 19.3 Å². The van der Waals surface area contributed by atoms with Gasteiger partial charge in [0, 0.05) is 24.2 Å². The van der Waals surface area contributed by atoms with E-state index in [1.165, 1.54) is 5.56 Å². The third kappa shape index (κ3) is 4.52. The summed E-state index contributed by atoms with van der Waals surface area (Å²) >= 11 is 6.15. The fourth-order valence-electron chi connectivity index (χ4n) is 1.43. The number of benzene rings is 1. The summed E-state index contributed by atoms with van der Waals surface area (Å²) in [5, 5.41) is 4.21. The lowest BCUT2D eigenvalue weighted by molar-refractivity contribution is 0.127. The van der Waals surface area contributed by atoms with Crippen molar-refractivity contribution >= 4 is 11.6 Å². The predicted octanol–water partition coefficient (Wildman–Crippen LogP) is 3.16. The number of ether oxygens (including phenoxy) is 1. The van der Waals surface area contributed by atoms with Crippen LogP contribution in [0, 0.1) is 6.92 Å². The van der Waals surface area contributed by atoms with Crippen molar-refractivity contribution in [3.8, 4) is 0 Å². The quantitative estimate of drug-likeness (QED) is 0.826. The molecule has 0 aromatic heterocycles. The molecule has 0 heterocycles. The van der Waals surface area contributed by atoms with Gasteiger partial charge >= 0.3 is 0 Å². The first-order valence-electron chi connectivity index (χ1n) is 5.69. The minimum atomic E-state index is 0.345. The molecule has 0 aliphatic heterocycles. The van der Waals surface area contributed by atoms with Crippen molar-refractivity contribution in [2.24, 2.45) is 0 Å². The molecular formula is C13H20ClNO. The van der Waals surface area contributed by atoms with Crippen molar-refractivity contribution in [1.82, 2.24) is 5.32 Å². The van der Waals surface area contributed by atoms with Crippen LogP contribution >= 0.6 is 11.6 Å². The van der Waals surface area contributed by atoms with Crippen LogP contribution in [0.3, 0.4) is 0 Å². The summed E-state index contributed by atoms with van der Waals surface area (Å²) in [7, 11) is 0. The van der Waals surface area contributed by atoms with E-state index >= 15 is 0 Å². The predicted molar refractivity (Wildman–Crippen MR) is 69.0 cm³/mol. The van der Waals surface area contributed by atoms with E-state index in [4.69, 9.17) is 16.3 Å². The Labute approximate surface area is 103 Å². The fraction of sp³-hybridized carbons (Fsp3) is 0.538. The van der Waals surface area contributed by atoms with Crippen LogP contribution in [0.15, 0.2) is 18.2 Å². The number of hydrogen-bond donors (Lipinski definition) is 1. The molecule has 16 heavy (non-hydrogen) atoms. The summed E-state index contributed by atoms with van der Waals surface area (Å²) < 4.78 is 5.34. The van der Waals surface area contributed by atoms with Crippen LogP contribution in [0.25, 0.3) is 0 Å². The van der Waals surface area contributed by atoms with Gasteiger partial charge in [-0.1, -0.05) is 23.7 Å². The molecule has 1 atom stereocenters. The number of hydrogen-bond acceptors (Lipinski definition) is 2. The Morgan fingerprint density at radius 1 is 1.44 bits per heavy atom. The van der Waals surface area contributed by atoms with E-state index in [9.17, 15) is 0 Å². The minimum Gasteiger partial charge on any atom is -0.380 e. The van der Waals surface area contributed by atoms with Crippen molar-refractivity contribution in [3.05, 3.63) is 34.3 Å². The Morgan fingerprint density at radius 2 is 2.19 bits per heavy atom. The van der Waals surface area contributed by atoms with Gasteiger partial charge < -0.3 is 10.1 Å². The average molecular weight is 242 g/mol. The lowest BCUT2D eigenvalue weighted by Gasteiger charge is -2.14. The molecule has 1 unspecified atom stereocenters. The normalized spacial score (nSPS) is 12.8. The molecule has 0 radical (unpaired) electrons. The fourth-order valence-corrected chi connectivity index (χ4v) is 1.74. The van der Waals surface area contributed by atoms with Gasteiger partial charge in [-0.05, 0) is 38.0 Å². The van der Waals surface area contributed by atoms with Gasteiger partial charge in [0.1, 0.15) is 0 Å². The van der Waals surface area contributed by atoms with Crippen LogP contribution in [0.5, 0.6) is 0 Å². The van der Waals surface area contributed by atoms with Gasteiger partial charge in [0.15, 0.2) is 0 Å². The molecule has 0 spiro atoms. The standard InChI is InChI=1S/C13H20ClNO/c1-4-16-9-11(3)15-8-12-6-5-10(2)7-13(12)14/h5-7,11,15H,4,8-9H2,1-3H3. The van der Waals surface area contributed by atoms with Gasteiger partial charge in [-0.25, -0.2) is 0 Å². The first-order valence-corrected chi connectivity index (χ1v) is 6.07. The topological polar surface area (TPSA) is 21.3 Å². The average Bonchev–Trinajstić information content (AvgIpc) is 2.25. The Bertz CT molecular complexity index is 328. The van der Waals surface area contributed by atoms with Crippen LogP contribution in [0.4, 0.5) is 0 Å². The second-order valence-electron chi connectivity index (χ2n) is 4.04. The Hall–Kier alpha value is -0.570. The smallest absolute Gasteiger partial charge is 0.0616 e. The maximum Gasteiger partial charge on any atom is 0.0616 e. The SMILES string of the molecule is CCOCC(C)NCc1ccc(C)cc1Cl. The van der Waals surface area contributed by atoms with E-state index in [2.05, 4.69) is 24.4 Å². The van der Waals surface area contributed by atoms with Gasteiger partial charge in [0.2, 0.25) is 0 Å². The van der Waals surface area contributed by atoms with Crippen molar-refractivity contribution in [2.45, 2.75) is 33.4 Å². The summed E-state index contributed by atoms with van der Waals surface area (Å²) in [6, 6.07) is 6.48. The van der Waals surface area contributed by atoms with Crippen LogP contribution in [0.2, 0.25) is 5.02 Å². The molecule has 90 valence electrons. The number of aryl methyl sites for hydroxylation is 1. The molecule has 0 saturated carbocycles. The molecule has 1 aromatic rings. The summed E-state index contributed by atoms with van der Waals surface area (Å²) in [5.41, 5.74) is 2.33. The number of nitrogens with one attached hydrogen (secondary N) is 1. The maximum atomic E-state index is 6.15. The highest BCUT2D eigenvalue weighted by molar-refractivity contribution is 6.31. The lowest BCUT2D eigenvalue weighted by atomic mass is 10.1. The first kappa shape index (κ1) is 13.5. The van der Waals surface area contributed by atoms with E-state index in [1.54, 1.807) is 0 Å². The third-order valence-electron chi connectivity index (χ3n) is 2.42. The summed E-state index contributed by atoms with van der Waals surface area (Å²) in [5.74, 6) is 0. The van der Waals surface area contributed by atoms with Gasteiger partial charge in [-0.15, -0.1) is 0 Å². The molecule has 2 nitrogen and oxygen atoms in total. The van der Waals surface area contributed by atoms with E-state index in [1.807, 2.05) is 19.9 Å². The monoisotopic (exact) mass is 241 g/mol. The van der Waals surface area contributed by atoms with E-state index in [0.29, 0.717) is 6.04 Å². The zero-order valence-corrected chi connectivity index (χ0v) is 11.0. The van der Waals surface area contributed by atoms with Gasteiger partial charge in [-0.3, -0.25) is 0 Å². The Balaban J connectivity index is 2.42. The lowest BCUT2D eigenvalue weighted by Crippen LogP contribution is -2.30. The van der Waals surface area contributed by atoms with Gasteiger partial charge in [-0.2, -0.15) is 0 Å². The highest BCUT2D eigenvalue weighted by Crippen LogP contribution is 2.17. The molecule has 1 rings (SSSR count). The zero-order valence-electron chi connectivity index (χ0n) is 10.2. The van der Waals surface area contributed by atoms with Crippen LogP contribution < -0.4 is 5.32 Å². The van der Waals surface area contributed by atoms with Crippen molar-refractivity contribution in [3.63, 3.8) is 0 Å². The molecular weight excluding hydrogens is 222 g/mol. The second-order valence-corrected chi connectivity index (χ2v) is 4.44.